The van der Waals surface area contributed by atoms with E-state index in [2.05, 4.69) is 23.2 Å². The summed E-state index contributed by atoms with van der Waals surface area (Å²) in [6.45, 7) is 0.275. The van der Waals surface area contributed by atoms with Gasteiger partial charge in [-0.15, -0.1) is 0 Å². The van der Waals surface area contributed by atoms with Crippen molar-refractivity contribution in [2.45, 2.75) is 76.4 Å². The van der Waals surface area contributed by atoms with Gasteiger partial charge in [-0.05, 0) is 68.2 Å². The maximum absolute atomic E-state index is 14.3. The molecule has 9 heteroatoms. The second-order valence-electron chi connectivity index (χ2n) is 12.3. The van der Waals surface area contributed by atoms with Crippen LogP contribution in [0, 0.1) is 17.3 Å². The third-order valence-electron chi connectivity index (χ3n) is 9.33. The molecule has 226 valence electrons. The number of thiazole rings is 1. The number of amides is 1. The first kappa shape index (κ1) is 29.8. The molecule has 2 fully saturated rings. The first-order chi connectivity index (χ1) is 20.8. The third-order valence-corrected chi connectivity index (χ3v) is 10.5. The number of rotatable bonds is 6. The quantitative estimate of drug-likeness (QED) is 0.295. The topological polar surface area (TPSA) is 96.8 Å². The summed E-state index contributed by atoms with van der Waals surface area (Å²) in [6.07, 6.45) is 10.4. The normalized spacial score (nSPS) is 28.9. The number of allylic oxidation sites excluding steroid dienone is 2. The van der Waals surface area contributed by atoms with E-state index in [0.29, 0.717) is 29.5 Å². The summed E-state index contributed by atoms with van der Waals surface area (Å²) >= 11 is 7.55. The van der Waals surface area contributed by atoms with Crippen molar-refractivity contribution in [3.8, 4) is 5.19 Å². The largest absolute Gasteiger partial charge is 0.481 e. The maximum atomic E-state index is 14.3. The molecule has 1 aromatic heterocycles. The summed E-state index contributed by atoms with van der Waals surface area (Å²) in [5.74, 6) is -1.52. The average molecular weight is 621 g/mol. The van der Waals surface area contributed by atoms with E-state index in [1.807, 2.05) is 36.4 Å². The molecule has 1 saturated carbocycles. The molecule has 1 aliphatic carbocycles. The standard InChI is InChI=1S/C34H37ClN2O5S/c35-25-15-16-27-30(17-25)43-33(36-27)42-26-18-28-29(38)20-34(32(40)41)19-24(34)12-8-3-1-2-7-11-23(31(39)37(28)21-26)14-13-22-9-5-4-6-10-22/h4-6,8-10,12,15-17,23-24,26,28H,1-3,7,11,13-14,18-21H2,(H,40,41)/b12-8-/t23-,24+,26-,28+,34-/m1/s1. The number of aliphatic carboxylic acids is 1. The van der Waals surface area contributed by atoms with Crippen LogP contribution in [-0.2, 0) is 20.8 Å². The molecular weight excluding hydrogens is 584 g/mol. The Morgan fingerprint density at radius 1 is 1.14 bits per heavy atom. The number of aromatic nitrogens is 1. The average Bonchev–Trinajstić information content (AvgIpc) is 3.31. The molecule has 1 amide bonds. The number of hydrogen-bond acceptors (Lipinski definition) is 6. The fourth-order valence-corrected chi connectivity index (χ4v) is 7.90. The van der Waals surface area contributed by atoms with Crippen molar-refractivity contribution in [1.82, 2.24) is 9.88 Å². The van der Waals surface area contributed by atoms with Gasteiger partial charge in [0.2, 0.25) is 5.91 Å². The molecule has 0 radical (unpaired) electrons. The first-order valence-electron chi connectivity index (χ1n) is 15.3. The van der Waals surface area contributed by atoms with Crippen LogP contribution in [0.3, 0.4) is 0 Å². The van der Waals surface area contributed by atoms with E-state index in [9.17, 15) is 19.5 Å². The molecule has 1 saturated heterocycles. The van der Waals surface area contributed by atoms with Gasteiger partial charge in [-0.25, -0.2) is 4.98 Å². The lowest BCUT2D eigenvalue weighted by molar-refractivity contribution is -0.147. The van der Waals surface area contributed by atoms with E-state index in [-0.39, 0.29) is 36.5 Å². The van der Waals surface area contributed by atoms with Gasteiger partial charge in [0.15, 0.2) is 5.78 Å². The molecule has 3 heterocycles. The highest BCUT2D eigenvalue weighted by molar-refractivity contribution is 7.20. The number of carbonyl (C=O) groups excluding carboxylic acids is 2. The van der Waals surface area contributed by atoms with Crippen LogP contribution in [0.4, 0.5) is 0 Å². The van der Waals surface area contributed by atoms with Gasteiger partial charge in [0, 0.05) is 23.8 Å². The minimum absolute atomic E-state index is 0.0267. The Morgan fingerprint density at radius 3 is 2.79 bits per heavy atom. The SMILES string of the molecule is O=C1C[C@]2(C(=O)O)C[C@@H]2/C=C\CCCCC[C@H](CCc2ccccc2)C(=O)N2C[C@H](Oc3nc4ccc(Cl)cc4s3)C[C@@H]12. The first-order valence-corrected chi connectivity index (χ1v) is 16.5. The summed E-state index contributed by atoms with van der Waals surface area (Å²) in [7, 11) is 0. The molecule has 3 aromatic rings. The predicted octanol–water partition coefficient (Wildman–Crippen LogP) is 7.12. The van der Waals surface area contributed by atoms with Crippen molar-refractivity contribution in [1.29, 1.82) is 0 Å². The molecule has 7 nitrogen and oxygen atoms in total. The van der Waals surface area contributed by atoms with E-state index in [1.54, 1.807) is 11.0 Å². The number of benzene rings is 2. The van der Waals surface area contributed by atoms with E-state index >= 15 is 0 Å². The molecule has 2 aliphatic heterocycles. The molecule has 0 unspecified atom stereocenters. The van der Waals surface area contributed by atoms with Crippen molar-refractivity contribution >= 4 is 50.8 Å². The Hall–Kier alpha value is -3.23. The molecule has 5 atom stereocenters. The Kier molecular flexibility index (Phi) is 8.87. The van der Waals surface area contributed by atoms with Crippen LogP contribution in [0.1, 0.15) is 63.4 Å². The second-order valence-corrected chi connectivity index (χ2v) is 13.7. The Morgan fingerprint density at radius 2 is 1.98 bits per heavy atom. The van der Waals surface area contributed by atoms with Gasteiger partial charge in [0.05, 0.1) is 28.2 Å². The zero-order chi connectivity index (χ0) is 30.0. The van der Waals surface area contributed by atoms with E-state index < -0.39 is 23.5 Å². The summed E-state index contributed by atoms with van der Waals surface area (Å²) < 4.78 is 7.21. The summed E-state index contributed by atoms with van der Waals surface area (Å²) in [5.41, 5.74) is 0.882. The minimum Gasteiger partial charge on any atom is -0.481 e. The van der Waals surface area contributed by atoms with Crippen LogP contribution in [0.2, 0.25) is 5.02 Å². The van der Waals surface area contributed by atoms with Crippen molar-refractivity contribution < 1.29 is 24.2 Å². The van der Waals surface area contributed by atoms with Crippen LogP contribution >= 0.6 is 22.9 Å². The van der Waals surface area contributed by atoms with Gasteiger partial charge in [0.1, 0.15) is 6.10 Å². The fraction of sp³-hybridized carbons (Fsp3) is 0.471. The van der Waals surface area contributed by atoms with E-state index in [0.717, 1.165) is 48.7 Å². The van der Waals surface area contributed by atoms with E-state index in [4.69, 9.17) is 16.3 Å². The number of carboxylic acid groups (broad SMARTS) is 1. The van der Waals surface area contributed by atoms with E-state index in [1.165, 1.54) is 16.9 Å². The van der Waals surface area contributed by atoms with Crippen LogP contribution in [-0.4, -0.2) is 51.3 Å². The highest BCUT2D eigenvalue weighted by Crippen LogP contribution is 2.57. The number of halogens is 1. The number of hydrogen-bond donors (Lipinski definition) is 1. The van der Waals surface area contributed by atoms with Gasteiger partial charge in [-0.1, -0.05) is 78.3 Å². The molecular formula is C34H37ClN2O5S. The lowest BCUT2D eigenvalue weighted by Crippen LogP contribution is -2.45. The minimum atomic E-state index is -1.08. The van der Waals surface area contributed by atoms with Crippen LogP contribution in [0.5, 0.6) is 5.19 Å². The van der Waals surface area contributed by atoms with Gasteiger partial charge in [-0.2, -0.15) is 0 Å². The van der Waals surface area contributed by atoms with Gasteiger partial charge >= 0.3 is 5.97 Å². The second kappa shape index (κ2) is 12.8. The number of ketones is 1. The Balaban J connectivity index is 1.26. The third kappa shape index (κ3) is 6.65. The molecule has 2 aromatic carbocycles. The van der Waals surface area contributed by atoms with Crippen LogP contribution in [0.25, 0.3) is 10.2 Å². The molecule has 3 aliphatic rings. The summed E-state index contributed by atoms with van der Waals surface area (Å²) in [6, 6.07) is 14.9. The maximum Gasteiger partial charge on any atom is 0.310 e. The highest BCUT2D eigenvalue weighted by atomic mass is 35.5. The van der Waals surface area contributed by atoms with Gasteiger partial charge in [0.25, 0.3) is 5.19 Å². The van der Waals surface area contributed by atoms with Crippen molar-refractivity contribution in [2.75, 3.05) is 6.54 Å². The zero-order valence-electron chi connectivity index (χ0n) is 24.1. The van der Waals surface area contributed by atoms with Crippen molar-refractivity contribution in [3.05, 3.63) is 71.3 Å². The molecule has 0 spiro atoms. The number of ether oxygens (including phenoxy) is 1. The lowest BCUT2D eigenvalue weighted by atomic mass is 9.90. The molecule has 43 heavy (non-hydrogen) atoms. The van der Waals surface area contributed by atoms with Gasteiger partial charge in [-0.3, -0.25) is 14.4 Å². The molecule has 0 bridgehead atoms. The summed E-state index contributed by atoms with van der Waals surface area (Å²) in [4.78, 5) is 46.9. The van der Waals surface area contributed by atoms with Crippen LogP contribution < -0.4 is 4.74 Å². The van der Waals surface area contributed by atoms with Crippen molar-refractivity contribution in [2.24, 2.45) is 17.3 Å². The van der Waals surface area contributed by atoms with Crippen molar-refractivity contribution in [3.63, 3.8) is 0 Å². The predicted molar refractivity (Wildman–Crippen MR) is 167 cm³/mol. The van der Waals surface area contributed by atoms with Gasteiger partial charge < -0.3 is 14.7 Å². The fourth-order valence-electron chi connectivity index (χ4n) is 6.74. The number of nitrogens with zero attached hydrogens (tertiary/aromatic N) is 2. The lowest BCUT2D eigenvalue weighted by Gasteiger charge is -2.29. The smallest absolute Gasteiger partial charge is 0.310 e. The number of carbonyl (C=O) groups is 3. The number of Topliss-reactive ketones (excluding diaryl/α,β-unsaturated/α-hetero) is 1. The number of fused-ring (bicyclic) bond motifs is 3. The molecule has 6 rings (SSSR count). The zero-order valence-corrected chi connectivity index (χ0v) is 25.7. The molecule has 1 N–H and O–H groups in total. The summed E-state index contributed by atoms with van der Waals surface area (Å²) in [5, 5.41) is 11.2. The van der Waals surface area contributed by atoms with Crippen LogP contribution in [0.15, 0.2) is 60.7 Å². The Bertz CT molecular complexity index is 1520. The number of carboxylic acids is 1. The number of aryl methyl sites for hydroxylation is 1. The Labute approximate surface area is 260 Å². The monoisotopic (exact) mass is 620 g/mol. The highest BCUT2D eigenvalue weighted by Gasteiger charge is 2.61.